The third-order valence-corrected chi connectivity index (χ3v) is 4.44. The van der Waals surface area contributed by atoms with Crippen LogP contribution in [0.1, 0.15) is 34.0 Å². The molecule has 0 fully saturated rings. The van der Waals surface area contributed by atoms with Gasteiger partial charge in [-0.05, 0) is 49.1 Å². The molecule has 0 bridgehead atoms. The number of aryl methyl sites for hydroxylation is 1. The van der Waals surface area contributed by atoms with Gasteiger partial charge in [0.25, 0.3) is 5.91 Å². The highest BCUT2D eigenvalue weighted by Gasteiger charge is 2.08. The van der Waals surface area contributed by atoms with Crippen LogP contribution in [0.4, 0.5) is 0 Å². The summed E-state index contributed by atoms with van der Waals surface area (Å²) in [5.41, 5.74) is 4.37. The van der Waals surface area contributed by atoms with Gasteiger partial charge in [0.1, 0.15) is 0 Å². The molecule has 0 unspecified atom stereocenters. The highest BCUT2D eigenvalue weighted by atomic mass is 16.1. The van der Waals surface area contributed by atoms with E-state index in [9.17, 15) is 4.79 Å². The quantitative estimate of drug-likeness (QED) is 0.585. The van der Waals surface area contributed by atoms with Gasteiger partial charge in [-0.3, -0.25) is 9.79 Å². The van der Waals surface area contributed by atoms with Gasteiger partial charge in [-0.15, -0.1) is 0 Å². The van der Waals surface area contributed by atoms with Crippen LogP contribution in [-0.2, 0) is 13.0 Å². The second-order valence-electron chi connectivity index (χ2n) is 6.55. The first kappa shape index (κ1) is 20.5. The molecule has 0 aliphatic rings. The third-order valence-electron chi connectivity index (χ3n) is 4.44. The molecule has 2 aromatic rings. The van der Waals surface area contributed by atoms with Crippen LogP contribution in [0.25, 0.3) is 0 Å². The van der Waals surface area contributed by atoms with E-state index in [2.05, 4.69) is 60.7 Å². The van der Waals surface area contributed by atoms with Crippen LogP contribution in [0.5, 0.6) is 0 Å². The Kier molecular flexibility index (Phi) is 7.86. The van der Waals surface area contributed by atoms with Gasteiger partial charge in [0.2, 0.25) is 0 Å². The van der Waals surface area contributed by atoms with Crippen molar-refractivity contribution in [1.29, 1.82) is 0 Å². The van der Waals surface area contributed by atoms with Crippen molar-refractivity contribution >= 4 is 11.9 Å². The molecule has 0 saturated carbocycles. The van der Waals surface area contributed by atoms with E-state index in [1.807, 2.05) is 24.3 Å². The van der Waals surface area contributed by atoms with E-state index in [-0.39, 0.29) is 5.91 Å². The molecule has 0 radical (unpaired) electrons. The lowest BCUT2D eigenvalue weighted by atomic mass is 10.1. The number of amides is 1. The Labute approximate surface area is 162 Å². The molecule has 144 valence electrons. The number of benzene rings is 2. The van der Waals surface area contributed by atoms with E-state index in [0.717, 1.165) is 31.0 Å². The summed E-state index contributed by atoms with van der Waals surface area (Å²) in [6, 6.07) is 16.1. The standard InChI is InChI=1S/C22H30N4O/c1-5-24-22(26(4)16-20-11-7-6-9-17(20)2)25-14-13-18-10-8-12-19(15-18)21(27)23-3/h6-12,15H,5,13-14,16H2,1-4H3,(H,23,27)(H,24,25). The van der Waals surface area contributed by atoms with Crippen molar-refractivity contribution in [2.45, 2.75) is 26.8 Å². The molecule has 0 aromatic heterocycles. The van der Waals surface area contributed by atoms with Crippen molar-refractivity contribution in [3.63, 3.8) is 0 Å². The summed E-state index contributed by atoms with van der Waals surface area (Å²) in [5.74, 6) is 0.829. The summed E-state index contributed by atoms with van der Waals surface area (Å²) >= 11 is 0. The highest BCUT2D eigenvalue weighted by molar-refractivity contribution is 5.94. The molecule has 0 heterocycles. The molecule has 0 spiro atoms. The number of hydrogen-bond donors (Lipinski definition) is 2. The lowest BCUT2D eigenvalue weighted by molar-refractivity contribution is 0.0963. The fraction of sp³-hybridized carbons (Fsp3) is 0.364. The maximum absolute atomic E-state index is 11.8. The maximum Gasteiger partial charge on any atom is 0.251 e. The van der Waals surface area contributed by atoms with Crippen molar-refractivity contribution in [1.82, 2.24) is 15.5 Å². The topological polar surface area (TPSA) is 56.7 Å². The number of nitrogens with zero attached hydrogens (tertiary/aromatic N) is 2. The van der Waals surface area contributed by atoms with Crippen LogP contribution >= 0.6 is 0 Å². The molecule has 27 heavy (non-hydrogen) atoms. The van der Waals surface area contributed by atoms with Crippen molar-refractivity contribution in [3.8, 4) is 0 Å². The number of rotatable bonds is 7. The molecule has 5 nitrogen and oxygen atoms in total. The van der Waals surface area contributed by atoms with Crippen molar-refractivity contribution in [2.75, 3.05) is 27.2 Å². The van der Waals surface area contributed by atoms with E-state index in [4.69, 9.17) is 4.99 Å². The Morgan fingerprint density at radius 3 is 2.63 bits per heavy atom. The predicted molar refractivity (Wildman–Crippen MR) is 112 cm³/mol. The number of hydrogen-bond acceptors (Lipinski definition) is 2. The Hall–Kier alpha value is -2.82. The Balaban J connectivity index is 2.02. The molecule has 0 aliphatic heterocycles. The predicted octanol–water partition coefficient (Wildman–Crippen LogP) is 2.99. The molecule has 2 aromatic carbocycles. The molecule has 2 N–H and O–H groups in total. The first-order valence-corrected chi connectivity index (χ1v) is 9.40. The number of nitrogens with one attached hydrogen (secondary N) is 2. The lowest BCUT2D eigenvalue weighted by Crippen LogP contribution is -2.38. The van der Waals surface area contributed by atoms with Crippen LogP contribution in [0, 0.1) is 6.92 Å². The minimum absolute atomic E-state index is 0.0633. The van der Waals surface area contributed by atoms with E-state index in [0.29, 0.717) is 12.1 Å². The first-order chi connectivity index (χ1) is 13.0. The zero-order valence-electron chi connectivity index (χ0n) is 16.7. The summed E-state index contributed by atoms with van der Waals surface area (Å²) in [7, 11) is 3.70. The lowest BCUT2D eigenvalue weighted by Gasteiger charge is -2.23. The maximum atomic E-state index is 11.8. The largest absolute Gasteiger partial charge is 0.357 e. The number of guanidine groups is 1. The summed E-state index contributed by atoms with van der Waals surface area (Å²) in [4.78, 5) is 18.7. The normalized spacial score (nSPS) is 11.2. The molecule has 2 rings (SSSR count). The number of aliphatic imine (C=N–C) groups is 1. The first-order valence-electron chi connectivity index (χ1n) is 9.40. The van der Waals surface area contributed by atoms with Crippen molar-refractivity contribution < 1.29 is 4.79 Å². The second kappa shape index (κ2) is 10.4. The monoisotopic (exact) mass is 366 g/mol. The molecular formula is C22H30N4O. The SMILES string of the molecule is CCNC(=NCCc1cccc(C(=O)NC)c1)N(C)Cc1ccccc1C. The Morgan fingerprint density at radius 2 is 1.93 bits per heavy atom. The molecular weight excluding hydrogens is 336 g/mol. The van der Waals surface area contributed by atoms with Gasteiger partial charge in [-0.1, -0.05) is 36.4 Å². The molecule has 5 heteroatoms. The average molecular weight is 367 g/mol. The molecule has 0 saturated heterocycles. The van der Waals surface area contributed by atoms with E-state index in [1.54, 1.807) is 7.05 Å². The highest BCUT2D eigenvalue weighted by Crippen LogP contribution is 2.10. The fourth-order valence-corrected chi connectivity index (χ4v) is 2.89. The van der Waals surface area contributed by atoms with Gasteiger partial charge >= 0.3 is 0 Å². The van der Waals surface area contributed by atoms with Crippen LogP contribution in [0.15, 0.2) is 53.5 Å². The zero-order valence-corrected chi connectivity index (χ0v) is 16.7. The van der Waals surface area contributed by atoms with Gasteiger partial charge < -0.3 is 15.5 Å². The Bertz CT molecular complexity index is 785. The van der Waals surface area contributed by atoms with Gasteiger partial charge in [-0.2, -0.15) is 0 Å². The van der Waals surface area contributed by atoms with Gasteiger partial charge in [0.15, 0.2) is 5.96 Å². The van der Waals surface area contributed by atoms with E-state index < -0.39 is 0 Å². The smallest absolute Gasteiger partial charge is 0.251 e. The van der Waals surface area contributed by atoms with Gasteiger partial charge in [0.05, 0.1) is 0 Å². The van der Waals surface area contributed by atoms with Crippen LogP contribution in [0.3, 0.4) is 0 Å². The fourth-order valence-electron chi connectivity index (χ4n) is 2.89. The van der Waals surface area contributed by atoms with Gasteiger partial charge in [-0.25, -0.2) is 0 Å². The van der Waals surface area contributed by atoms with Crippen LogP contribution in [-0.4, -0.2) is 44.0 Å². The minimum atomic E-state index is -0.0633. The summed E-state index contributed by atoms with van der Waals surface area (Å²) in [6.07, 6.45) is 0.790. The molecule has 0 aliphatic carbocycles. The summed E-state index contributed by atoms with van der Waals surface area (Å²) in [6.45, 7) is 6.50. The number of carbonyl (C=O) groups is 1. The molecule has 0 atom stereocenters. The minimum Gasteiger partial charge on any atom is -0.357 e. The third kappa shape index (κ3) is 6.13. The van der Waals surface area contributed by atoms with Crippen LogP contribution < -0.4 is 10.6 Å². The molecule has 1 amide bonds. The summed E-state index contributed by atoms with van der Waals surface area (Å²) < 4.78 is 0. The van der Waals surface area contributed by atoms with Crippen molar-refractivity contribution in [2.24, 2.45) is 4.99 Å². The Morgan fingerprint density at radius 1 is 1.15 bits per heavy atom. The van der Waals surface area contributed by atoms with E-state index >= 15 is 0 Å². The van der Waals surface area contributed by atoms with Gasteiger partial charge in [0, 0.05) is 39.3 Å². The zero-order chi connectivity index (χ0) is 19.6. The average Bonchev–Trinajstić information content (AvgIpc) is 2.68. The van der Waals surface area contributed by atoms with Crippen LogP contribution in [0.2, 0.25) is 0 Å². The van der Waals surface area contributed by atoms with Crippen molar-refractivity contribution in [3.05, 3.63) is 70.8 Å². The van der Waals surface area contributed by atoms with E-state index in [1.165, 1.54) is 11.1 Å². The second-order valence-corrected chi connectivity index (χ2v) is 6.55. The number of carbonyl (C=O) groups excluding carboxylic acids is 1. The summed E-state index contributed by atoms with van der Waals surface area (Å²) in [5, 5.41) is 6.02.